The number of hydrogen-bond acceptors (Lipinski definition) is 16. The van der Waals surface area contributed by atoms with Crippen molar-refractivity contribution < 1.29 is 79.2 Å². The number of unbranched alkanes of at least 4 members (excludes halogenated alkanes) is 5. The molecular weight excluding hydrogens is 606 g/mol. The van der Waals surface area contributed by atoms with Crippen molar-refractivity contribution >= 4 is 5.91 Å². The van der Waals surface area contributed by atoms with Crippen molar-refractivity contribution in [2.45, 2.75) is 144 Å². The first-order valence-corrected chi connectivity index (χ1v) is 15.6. The van der Waals surface area contributed by atoms with Gasteiger partial charge in [-0.15, -0.1) is 0 Å². The van der Waals surface area contributed by atoms with Crippen molar-refractivity contribution in [2.24, 2.45) is 0 Å². The summed E-state index contributed by atoms with van der Waals surface area (Å²) in [6.45, 7) is 1.26. The largest absolute Gasteiger partial charge is 0.394 e. The van der Waals surface area contributed by atoms with Gasteiger partial charge in [0, 0.05) is 13.5 Å². The molecule has 3 aliphatic rings. The second kappa shape index (κ2) is 18.4. The minimum Gasteiger partial charge on any atom is -0.394 e. The number of amides is 1. The summed E-state index contributed by atoms with van der Waals surface area (Å²) in [6.07, 6.45) is -16.4. The molecule has 3 saturated heterocycles. The number of rotatable bonds is 16. The number of nitrogens with one attached hydrogen (secondary N) is 1. The van der Waals surface area contributed by atoms with E-state index in [1.807, 2.05) is 0 Å². The Bertz CT molecular complexity index is 872. The van der Waals surface area contributed by atoms with Gasteiger partial charge < -0.3 is 79.7 Å². The van der Waals surface area contributed by atoms with E-state index in [0.29, 0.717) is 6.42 Å². The third kappa shape index (κ3) is 9.71. The van der Waals surface area contributed by atoms with E-state index in [2.05, 4.69) is 12.2 Å². The Morgan fingerprint density at radius 1 is 0.622 bits per heavy atom. The van der Waals surface area contributed by atoms with Crippen molar-refractivity contribution in [3.8, 4) is 0 Å². The zero-order valence-corrected chi connectivity index (χ0v) is 25.6. The van der Waals surface area contributed by atoms with Crippen molar-refractivity contribution in [3.63, 3.8) is 0 Å². The topological polar surface area (TPSA) is 267 Å². The van der Waals surface area contributed by atoms with E-state index in [0.717, 1.165) is 39.0 Å². The summed E-state index contributed by atoms with van der Waals surface area (Å²) in [5.74, 6) is -0.639. The minimum absolute atomic E-state index is 0.181. The van der Waals surface area contributed by atoms with Gasteiger partial charge in [0.15, 0.2) is 18.9 Å². The summed E-state index contributed by atoms with van der Waals surface area (Å²) in [6, 6.07) is -1.43. The van der Waals surface area contributed by atoms with Crippen LogP contribution in [0.1, 0.15) is 52.4 Å². The third-order valence-corrected chi connectivity index (χ3v) is 8.26. The molecular formula is C28H51NO16. The van der Waals surface area contributed by atoms with E-state index >= 15 is 0 Å². The Morgan fingerprint density at radius 3 is 1.60 bits per heavy atom. The summed E-state index contributed by atoms with van der Waals surface area (Å²) in [4.78, 5) is 11.9. The molecule has 0 aromatic carbocycles. The smallest absolute Gasteiger partial charge is 0.217 e. The lowest BCUT2D eigenvalue weighted by molar-refractivity contribution is -0.388. The molecule has 10 N–H and O–H groups in total. The monoisotopic (exact) mass is 657 g/mol. The fourth-order valence-electron chi connectivity index (χ4n) is 5.62. The third-order valence-electron chi connectivity index (χ3n) is 8.26. The predicted molar refractivity (Wildman–Crippen MR) is 150 cm³/mol. The van der Waals surface area contributed by atoms with Crippen LogP contribution in [0.2, 0.25) is 0 Å². The highest BCUT2D eigenvalue weighted by Crippen LogP contribution is 2.33. The Balaban J connectivity index is 1.84. The molecule has 3 heterocycles. The molecule has 0 aromatic rings. The molecule has 17 nitrogen and oxygen atoms in total. The van der Waals surface area contributed by atoms with E-state index in [9.17, 15) is 50.8 Å². The number of aliphatic hydroxyl groups is 9. The maximum absolute atomic E-state index is 11.9. The van der Waals surface area contributed by atoms with Crippen LogP contribution in [0.15, 0.2) is 0 Å². The average Bonchev–Trinajstić information content (AvgIpc) is 3.02. The molecule has 0 aliphatic carbocycles. The first-order chi connectivity index (χ1) is 21.5. The summed E-state index contributed by atoms with van der Waals surface area (Å²) in [5, 5.41) is 95.8. The van der Waals surface area contributed by atoms with E-state index in [4.69, 9.17) is 28.4 Å². The minimum atomic E-state index is -1.85. The Hall–Kier alpha value is -1.13. The Morgan fingerprint density at radius 2 is 1.07 bits per heavy atom. The van der Waals surface area contributed by atoms with Crippen molar-refractivity contribution in [3.05, 3.63) is 0 Å². The zero-order chi connectivity index (χ0) is 33.3. The molecule has 3 aliphatic heterocycles. The van der Waals surface area contributed by atoms with Crippen molar-refractivity contribution in [1.29, 1.82) is 0 Å². The molecule has 264 valence electrons. The first-order valence-electron chi connectivity index (χ1n) is 15.6. The van der Waals surface area contributed by atoms with Gasteiger partial charge in [0.05, 0.1) is 19.8 Å². The van der Waals surface area contributed by atoms with E-state index in [1.54, 1.807) is 0 Å². The highest BCUT2D eigenvalue weighted by molar-refractivity contribution is 5.73. The maximum atomic E-state index is 11.9. The van der Waals surface area contributed by atoms with Crippen LogP contribution in [0, 0.1) is 0 Å². The van der Waals surface area contributed by atoms with Crippen LogP contribution in [0.5, 0.6) is 0 Å². The molecule has 3 rings (SSSR count). The molecule has 0 spiro atoms. The molecule has 17 heteroatoms. The molecule has 3 fully saturated rings. The van der Waals surface area contributed by atoms with Gasteiger partial charge in [-0.2, -0.15) is 0 Å². The predicted octanol–water partition coefficient (Wildman–Crippen LogP) is -4.04. The van der Waals surface area contributed by atoms with Gasteiger partial charge in [0.25, 0.3) is 0 Å². The molecule has 0 radical (unpaired) electrons. The Kier molecular flexibility index (Phi) is 15.7. The average molecular weight is 658 g/mol. The number of carbonyl (C=O) groups is 1. The standard InChI is InChI=1S/C28H51NO16/c1-3-4-5-6-7-8-9-40-27-24(22(38)19(35)15(11-31)42-27)45-28-25(23(39)20(36)16(12-32)43-28)44-26-17(29-13(2)33)21(37)18(34)14(10-30)41-26/h14-28,30-32,34-39H,3-12H2,1-2H3,(H,29,33). The van der Waals surface area contributed by atoms with Crippen LogP contribution in [0.3, 0.4) is 0 Å². The van der Waals surface area contributed by atoms with Gasteiger partial charge in [-0.05, 0) is 6.42 Å². The number of ether oxygens (including phenoxy) is 6. The Labute approximate surface area is 261 Å². The van der Waals surface area contributed by atoms with Gasteiger partial charge in [-0.3, -0.25) is 4.79 Å². The van der Waals surface area contributed by atoms with Crippen LogP contribution >= 0.6 is 0 Å². The van der Waals surface area contributed by atoms with Crippen LogP contribution < -0.4 is 5.32 Å². The second-order valence-corrected chi connectivity index (χ2v) is 11.7. The summed E-state index contributed by atoms with van der Waals surface area (Å²) >= 11 is 0. The van der Waals surface area contributed by atoms with E-state index in [1.165, 1.54) is 0 Å². The lowest BCUT2D eigenvalue weighted by Gasteiger charge is -2.49. The van der Waals surface area contributed by atoms with Crippen LogP contribution in [0.25, 0.3) is 0 Å². The van der Waals surface area contributed by atoms with Gasteiger partial charge >= 0.3 is 0 Å². The summed E-state index contributed by atoms with van der Waals surface area (Å²) < 4.78 is 34.7. The molecule has 15 unspecified atom stereocenters. The van der Waals surface area contributed by atoms with Gasteiger partial charge in [-0.25, -0.2) is 0 Å². The van der Waals surface area contributed by atoms with Gasteiger partial charge in [0.2, 0.25) is 5.91 Å². The number of carbonyl (C=O) groups excluding carboxylic acids is 1. The van der Waals surface area contributed by atoms with Crippen molar-refractivity contribution in [2.75, 3.05) is 26.4 Å². The highest BCUT2D eigenvalue weighted by Gasteiger charge is 2.54. The molecule has 45 heavy (non-hydrogen) atoms. The molecule has 0 aromatic heterocycles. The zero-order valence-electron chi connectivity index (χ0n) is 25.6. The van der Waals surface area contributed by atoms with E-state index in [-0.39, 0.29) is 6.61 Å². The molecule has 1 amide bonds. The summed E-state index contributed by atoms with van der Waals surface area (Å²) in [5.41, 5.74) is 0. The highest BCUT2D eigenvalue weighted by atomic mass is 16.8. The van der Waals surface area contributed by atoms with Gasteiger partial charge in [0.1, 0.15) is 73.2 Å². The summed E-state index contributed by atoms with van der Waals surface area (Å²) in [7, 11) is 0. The van der Waals surface area contributed by atoms with Crippen LogP contribution in [0.4, 0.5) is 0 Å². The van der Waals surface area contributed by atoms with E-state index < -0.39 is 118 Å². The van der Waals surface area contributed by atoms with Crippen LogP contribution in [-0.4, -0.2) is 170 Å². The first kappa shape index (κ1) is 38.3. The lowest BCUT2D eigenvalue weighted by atomic mass is 9.95. The number of aliphatic hydroxyl groups excluding tert-OH is 9. The quantitative estimate of drug-likeness (QED) is 0.0708. The second-order valence-electron chi connectivity index (χ2n) is 11.7. The van der Waals surface area contributed by atoms with Crippen molar-refractivity contribution in [1.82, 2.24) is 5.32 Å². The fraction of sp³-hybridized carbons (Fsp3) is 0.964. The molecule has 0 bridgehead atoms. The normalized spacial score (nSPS) is 42.4. The fourth-order valence-corrected chi connectivity index (χ4v) is 5.62. The number of hydrogen-bond donors (Lipinski definition) is 10. The van der Waals surface area contributed by atoms with Crippen LogP contribution in [-0.2, 0) is 33.2 Å². The molecule has 0 saturated carbocycles. The lowest BCUT2D eigenvalue weighted by Crippen LogP contribution is -2.68. The maximum Gasteiger partial charge on any atom is 0.217 e. The van der Waals surface area contributed by atoms with Gasteiger partial charge in [-0.1, -0.05) is 39.0 Å². The molecule has 15 atom stereocenters. The SMILES string of the molecule is CCCCCCCCOC1OC(CO)C(O)C(O)C1OC1OC(CO)C(O)C(O)C1OC1OC(CO)C(O)C(O)C1NC(C)=O.